The Kier molecular flexibility index (Phi) is 8.81. The normalized spacial score (nSPS) is 11.9. The van der Waals surface area contributed by atoms with E-state index in [1.807, 2.05) is 49.8 Å². The number of carbonyl (C=O) groups is 2. The zero-order valence-electron chi connectivity index (χ0n) is 20.8. The van der Waals surface area contributed by atoms with Crippen LogP contribution >= 0.6 is 11.3 Å². The highest BCUT2D eigenvalue weighted by molar-refractivity contribution is 7.13. The maximum Gasteiger partial charge on any atom is 0.263 e. The molecule has 1 atom stereocenters. The van der Waals surface area contributed by atoms with Crippen molar-refractivity contribution in [3.05, 3.63) is 64.6 Å². The predicted octanol–water partition coefficient (Wildman–Crippen LogP) is 3.34. The van der Waals surface area contributed by atoms with E-state index in [4.69, 9.17) is 11.5 Å². The molecule has 0 aliphatic rings. The van der Waals surface area contributed by atoms with Gasteiger partial charge in [-0.3, -0.25) is 14.3 Å². The van der Waals surface area contributed by atoms with Gasteiger partial charge in [-0.2, -0.15) is 5.10 Å². The third-order valence-electron chi connectivity index (χ3n) is 6.12. The van der Waals surface area contributed by atoms with E-state index < -0.39 is 0 Å². The first kappa shape index (κ1) is 26.2. The second kappa shape index (κ2) is 12.4. The number of hydrogen-bond acceptors (Lipinski definition) is 7. The summed E-state index contributed by atoms with van der Waals surface area (Å²) < 4.78 is 1.78. The molecule has 4 aromatic rings. The Labute approximate surface area is 219 Å². The van der Waals surface area contributed by atoms with E-state index in [1.165, 1.54) is 11.3 Å². The summed E-state index contributed by atoms with van der Waals surface area (Å²) in [6, 6.07) is 10.1. The van der Waals surface area contributed by atoms with Gasteiger partial charge in [0.1, 0.15) is 15.7 Å². The molecule has 0 spiro atoms. The van der Waals surface area contributed by atoms with Gasteiger partial charge in [-0.1, -0.05) is 37.1 Å². The van der Waals surface area contributed by atoms with Crippen molar-refractivity contribution >= 4 is 23.2 Å². The fraction of sp³-hybridized carbons (Fsp3) is 0.346. The summed E-state index contributed by atoms with van der Waals surface area (Å²) in [5.74, 6) is 0.342. The predicted molar refractivity (Wildman–Crippen MR) is 144 cm³/mol. The number of rotatable bonds is 13. The number of thiazole rings is 1. The van der Waals surface area contributed by atoms with E-state index in [2.05, 4.69) is 25.4 Å². The number of amides is 2. The van der Waals surface area contributed by atoms with Gasteiger partial charge in [0, 0.05) is 44.2 Å². The van der Waals surface area contributed by atoms with E-state index in [9.17, 15) is 9.59 Å². The second-order valence-electron chi connectivity index (χ2n) is 8.93. The Morgan fingerprint density at radius 3 is 2.54 bits per heavy atom. The first-order valence-electron chi connectivity index (χ1n) is 12.3. The zero-order chi connectivity index (χ0) is 26.2. The molecule has 6 N–H and O–H groups in total. The lowest BCUT2D eigenvalue weighted by Crippen LogP contribution is -2.28. The molecule has 37 heavy (non-hydrogen) atoms. The lowest BCUT2D eigenvalue weighted by molar-refractivity contribution is -0.118. The largest absolute Gasteiger partial charge is 0.370 e. The molecular formula is C26H32N8O2S. The van der Waals surface area contributed by atoms with Gasteiger partial charge in [0.15, 0.2) is 0 Å². The number of imidazole rings is 1. The maximum atomic E-state index is 12.7. The molecule has 0 aliphatic heterocycles. The van der Waals surface area contributed by atoms with E-state index in [0.29, 0.717) is 24.4 Å². The third-order valence-corrected chi connectivity index (χ3v) is 7.14. The molecule has 4 rings (SSSR count). The summed E-state index contributed by atoms with van der Waals surface area (Å²) in [5, 5.41) is 8.19. The molecule has 1 aromatic carbocycles. The quantitative estimate of drug-likeness (QED) is 0.198. The van der Waals surface area contributed by atoms with Gasteiger partial charge in [-0.25, -0.2) is 9.97 Å². The molecular weight excluding hydrogens is 488 g/mol. The number of carbonyl (C=O) groups excluding carboxylic acids is 2. The highest BCUT2D eigenvalue weighted by Gasteiger charge is 2.19. The van der Waals surface area contributed by atoms with Crippen LogP contribution in [-0.2, 0) is 18.4 Å². The number of nitrogens with zero attached hydrogens (tertiary/aromatic N) is 4. The van der Waals surface area contributed by atoms with Crippen molar-refractivity contribution < 1.29 is 9.59 Å². The molecule has 0 bridgehead atoms. The van der Waals surface area contributed by atoms with E-state index in [-0.39, 0.29) is 17.7 Å². The van der Waals surface area contributed by atoms with Gasteiger partial charge in [0.05, 0.1) is 23.8 Å². The maximum absolute atomic E-state index is 12.7. The van der Waals surface area contributed by atoms with Crippen LogP contribution in [0.25, 0.3) is 22.5 Å². The van der Waals surface area contributed by atoms with Crippen LogP contribution in [0, 0.1) is 0 Å². The molecule has 0 saturated carbocycles. The van der Waals surface area contributed by atoms with Crippen LogP contribution < -0.4 is 16.8 Å². The van der Waals surface area contributed by atoms with Crippen LogP contribution in [0.5, 0.6) is 0 Å². The standard InChI is InChI=1S/C26H32N8O2S/c1-34-12-11-20(33-34)17-7-9-18(10-8-17)21-15-30-25(32-21)19(5-3-2-4-6-23(28)35)14-31-26(36)22-16-29-24(13-27)37-22/h7-12,15-16,19H,2-6,13-14,27H2,1H3,(H2,28,35)(H,30,32)(H,31,36). The first-order chi connectivity index (χ1) is 17.9. The Morgan fingerprint density at radius 1 is 1.08 bits per heavy atom. The fourth-order valence-corrected chi connectivity index (χ4v) is 4.81. The van der Waals surface area contributed by atoms with Crippen LogP contribution in [0.15, 0.2) is 48.9 Å². The number of aryl methyl sites for hydroxylation is 1. The summed E-state index contributed by atoms with van der Waals surface area (Å²) in [7, 11) is 1.90. The van der Waals surface area contributed by atoms with Crippen LogP contribution in [-0.4, -0.2) is 43.1 Å². The fourth-order valence-electron chi connectivity index (χ4n) is 4.10. The molecule has 10 nitrogen and oxygen atoms in total. The number of unbranched alkanes of at least 4 members (excludes halogenated alkanes) is 2. The topological polar surface area (TPSA) is 158 Å². The summed E-state index contributed by atoms with van der Waals surface area (Å²) in [6.07, 6.45) is 9.01. The van der Waals surface area contributed by atoms with Crippen molar-refractivity contribution in [2.75, 3.05) is 6.54 Å². The summed E-state index contributed by atoms with van der Waals surface area (Å²) >= 11 is 1.30. The number of H-pyrrole nitrogens is 1. The van der Waals surface area contributed by atoms with Crippen molar-refractivity contribution in [1.82, 2.24) is 30.0 Å². The minimum Gasteiger partial charge on any atom is -0.370 e. The molecule has 3 heterocycles. The van der Waals surface area contributed by atoms with Crippen molar-refractivity contribution in [3.63, 3.8) is 0 Å². The van der Waals surface area contributed by atoms with Gasteiger partial charge in [0.25, 0.3) is 5.91 Å². The number of primary amides is 1. The van der Waals surface area contributed by atoms with Crippen LogP contribution in [0.3, 0.4) is 0 Å². The number of nitrogens with two attached hydrogens (primary N) is 2. The van der Waals surface area contributed by atoms with Crippen molar-refractivity contribution in [2.24, 2.45) is 18.5 Å². The Morgan fingerprint density at radius 2 is 1.86 bits per heavy atom. The lowest BCUT2D eigenvalue weighted by atomic mass is 9.99. The first-order valence-corrected chi connectivity index (χ1v) is 13.1. The molecule has 11 heteroatoms. The number of aromatic amines is 1. The summed E-state index contributed by atoms with van der Waals surface area (Å²) in [5.41, 5.74) is 14.8. The second-order valence-corrected chi connectivity index (χ2v) is 10.0. The van der Waals surface area contributed by atoms with Gasteiger partial charge >= 0.3 is 0 Å². The lowest BCUT2D eigenvalue weighted by Gasteiger charge is -2.15. The summed E-state index contributed by atoms with van der Waals surface area (Å²) in [4.78, 5) is 36.5. The SMILES string of the molecule is Cn1ccc(-c2ccc(-c3cnc(C(CCCCCC(N)=O)CNC(=O)c4cnc(CN)s4)[nH]3)cc2)n1. The summed E-state index contributed by atoms with van der Waals surface area (Å²) in [6.45, 7) is 0.736. The molecule has 0 radical (unpaired) electrons. The third kappa shape index (κ3) is 7.11. The molecule has 1 unspecified atom stereocenters. The van der Waals surface area contributed by atoms with Crippen molar-refractivity contribution in [2.45, 2.75) is 44.6 Å². The monoisotopic (exact) mass is 520 g/mol. The highest BCUT2D eigenvalue weighted by Crippen LogP contribution is 2.26. The van der Waals surface area contributed by atoms with Gasteiger partial charge in [-0.05, 0) is 24.5 Å². The molecule has 0 aliphatic carbocycles. The Hall–Kier alpha value is -3.83. The average molecular weight is 521 g/mol. The van der Waals surface area contributed by atoms with Gasteiger partial charge in [0.2, 0.25) is 5.91 Å². The number of hydrogen-bond donors (Lipinski definition) is 4. The number of nitrogens with one attached hydrogen (secondary N) is 2. The van der Waals surface area contributed by atoms with Crippen LogP contribution in [0.4, 0.5) is 0 Å². The van der Waals surface area contributed by atoms with Crippen molar-refractivity contribution in [3.8, 4) is 22.5 Å². The number of aromatic nitrogens is 5. The van der Waals surface area contributed by atoms with Crippen LogP contribution in [0.1, 0.15) is 58.5 Å². The van der Waals surface area contributed by atoms with Gasteiger partial charge in [-0.15, -0.1) is 11.3 Å². The molecule has 0 saturated heterocycles. The zero-order valence-corrected chi connectivity index (χ0v) is 21.6. The molecule has 0 fully saturated rings. The smallest absolute Gasteiger partial charge is 0.263 e. The van der Waals surface area contributed by atoms with Crippen molar-refractivity contribution in [1.29, 1.82) is 0 Å². The van der Waals surface area contributed by atoms with E-state index in [0.717, 1.165) is 59.0 Å². The average Bonchev–Trinajstić information content (AvgIpc) is 3.66. The van der Waals surface area contributed by atoms with Crippen LogP contribution in [0.2, 0.25) is 0 Å². The van der Waals surface area contributed by atoms with E-state index in [1.54, 1.807) is 10.9 Å². The van der Waals surface area contributed by atoms with Gasteiger partial charge < -0.3 is 21.8 Å². The molecule has 2 amide bonds. The van der Waals surface area contributed by atoms with E-state index >= 15 is 0 Å². The minimum atomic E-state index is -0.282. The Bertz CT molecular complexity index is 1320. The molecule has 3 aromatic heterocycles. The number of benzene rings is 1. The molecule has 194 valence electrons. The Balaban J connectivity index is 1.44. The minimum absolute atomic E-state index is 0.0130. The highest BCUT2D eigenvalue weighted by atomic mass is 32.1.